The van der Waals surface area contributed by atoms with E-state index in [1.54, 1.807) is 0 Å². The van der Waals surface area contributed by atoms with Gasteiger partial charge in [0.25, 0.3) is 5.24 Å². The fourth-order valence-corrected chi connectivity index (χ4v) is 5.68. The number of ether oxygens (including phenoxy) is 1. The Labute approximate surface area is 198 Å². The molecule has 3 aliphatic heterocycles. The minimum atomic E-state index is -1.18. The predicted molar refractivity (Wildman–Crippen MR) is 130 cm³/mol. The first-order valence-electron chi connectivity index (χ1n) is 10.3. The van der Waals surface area contributed by atoms with E-state index in [-0.39, 0.29) is 11.3 Å². The molecule has 6 rings (SSSR count). The average molecular weight is 504 g/mol. The van der Waals surface area contributed by atoms with Crippen molar-refractivity contribution in [1.82, 2.24) is 10.3 Å². The van der Waals surface area contributed by atoms with E-state index < -0.39 is 5.85 Å². The first-order chi connectivity index (χ1) is 15.6. The highest BCUT2D eigenvalue weighted by Gasteiger charge is 2.58. The molecule has 0 radical (unpaired) electrons. The van der Waals surface area contributed by atoms with Gasteiger partial charge in [-0.2, -0.15) is 5.10 Å². The van der Waals surface area contributed by atoms with Gasteiger partial charge in [-0.3, -0.25) is 10.1 Å². The van der Waals surface area contributed by atoms with Crippen LogP contribution in [0.15, 0.2) is 93.3 Å². The highest BCUT2D eigenvalue weighted by atomic mass is 79.9. The third-order valence-electron chi connectivity index (χ3n) is 5.83. The molecular weight excluding hydrogens is 486 g/mol. The number of rotatable bonds is 2. The number of amides is 1. The molecule has 1 spiro atoms. The van der Waals surface area contributed by atoms with Crippen molar-refractivity contribution in [3.8, 4) is 5.75 Å². The number of thioether (sulfide) groups is 1. The zero-order valence-corrected chi connectivity index (χ0v) is 19.3. The van der Waals surface area contributed by atoms with E-state index >= 15 is 0 Å². The quantitative estimate of drug-likeness (QED) is 0.455. The topological polar surface area (TPSA) is 53.9 Å². The van der Waals surface area contributed by atoms with Crippen LogP contribution in [0.3, 0.4) is 0 Å². The van der Waals surface area contributed by atoms with E-state index in [9.17, 15) is 4.79 Å². The molecule has 5 nitrogen and oxygen atoms in total. The SMILES string of the molecule is O=C1N[C@@]2(Oc3ccc(Br)cc3[C@H]3CC(c4ccccc4)=NN32)/C(=C/c2ccccc2)S1. The largest absolute Gasteiger partial charge is 0.444 e. The molecule has 1 N–H and O–H groups in total. The van der Waals surface area contributed by atoms with Gasteiger partial charge in [0, 0.05) is 16.5 Å². The van der Waals surface area contributed by atoms with Crippen LogP contribution in [0, 0.1) is 0 Å². The van der Waals surface area contributed by atoms with Crippen molar-refractivity contribution in [1.29, 1.82) is 0 Å². The van der Waals surface area contributed by atoms with Crippen molar-refractivity contribution in [2.75, 3.05) is 0 Å². The number of nitrogens with one attached hydrogen (secondary N) is 1. The number of carbonyl (C=O) groups excluding carboxylic acids is 1. The monoisotopic (exact) mass is 503 g/mol. The Balaban J connectivity index is 1.53. The van der Waals surface area contributed by atoms with Crippen molar-refractivity contribution < 1.29 is 9.53 Å². The smallest absolute Gasteiger partial charge is 0.314 e. The van der Waals surface area contributed by atoms with E-state index in [2.05, 4.69) is 39.4 Å². The molecule has 0 aliphatic carbocycles. The zero-order chi connectivity index (χ0) is 21.7. The fraction of sp³-hybridized carbons (Fsp3) is 0.120. The number of carbonyl (C=O) groups is 1. The normalized spacial score (nSPS) is 24.7. The molecule has 1 amide bonds. The Kier molecular flexibility index (Phi) is 4.62. The number of hydrogen-bond donors (Lipinski definition) is 1. The Morgan fingerprint density at radius 1 is 1.09 bits per heavy atom. The summed E-state index contributed by atoms with van der Waals surface area (Å²) in [4.78, 5) is 13.4. The minimum absolute atomic E-state index is 0.0652. The summed E-state index contributed by atoms with van der Waals surface area (Å²) in [6.07, 6.45) is 2.72. The molecular formula is C25H18BrN3O2S. The molecule has 0 unspecified atom stereocenters. The molecule has 3 heterocycles. The van der Waals surface area contributed by atoms with E-state index in [0.717, 1.165) is 55.7 Å². The van der Waals surface area contributed by atoms with Gasteiger partial charge < -0.3 is 4.74 Å². The van der Waals surface area contributed by atoms with Crippen molar-refractivity contribution in [3.05, 3.63) is 105 Å². The molecule has 2 atom stereocenters. The van der Waals surface area contributed by atoms with Crippen LogP contribution in [0.1, 0.15) is 29.2 Å². The van der Waals surface area contributed by atoms with Crippen molar-refractivity contribution in [3.63, 3.8) is 0 Å². The second-order valence-corrected chi connectivity index (χ2v) is 9.77. The molecule has 158 valence electrons. The Hall–Kier alpha value is -3.03. The maximum Gasteiger partial charge on any atom is 0.314 e. The summed E-state index contributed by atoms with van der Waals surface area (Å²) in [5, 5.41) is 9.86. The van der Waals surface area contributed by atoms with Gasteiger partial charge in [-0.1, -0.05) is 76.6 Å². The van der Waals surface area contributed by atoms with E-state index in [0.29, 0.717) is 0 Å². The Morgan fingerprint density at radius 3 is 2.62 bits per heavy atom. The second-order valence-electron chi connectivity index (χ2n) is 7.84. The number of halogens is 1. The van der Waals surface area contributed by atoms with Crippen molar-refractivity contribution in [2.45, 2.75) is 18.3 Å². The van der Waals surface area contributed by atoms with Crippen molar-refractivity contribution >= 4 is 44.7 Å². The van der Waals surface area contributed by atoms with E-state index in [1.165, 1.54) is 0 Å². The van der Waals surface area contributed by atoms with Gasteiger partial charge >= 0.3 is 5.85 Å². The number of hydrazone groups is 1. The number of nitrogens with zero attached hydrogens (tertiary/aromatic N) is 2. The molecule has 3 aromatic rings. The van der Waals surface area contributed by atoms with Gasteiger partial charge in [0.15, 0.2) is 0 Å². The lowest BCUT2D eigenvalue weighted by Gasteiger charge is -2.45. The third kappa shape index (κ3) is 3.15. The number of hydrogen-bond acceptors (Lipinski definition) is 5. The van der Waals surface area contributed by atoms with Crippen LogP contribution in [0.2, 0.25) is 0 Å². The van der Waals surface area contributed by atoms with Gasteiger partial charge in [0.2, 0.25) is 0 Å². The molecule has 0 aromatic heterocycles. The zero-order valence-electron chi connectivity index (χ0n) is 16.9. The Bertz CT molecular complexity index is 1280. The van der Waals surface area contributed by atoms with Gasteiger partial charge in [-0.25, -0.2) is 5.01 Å². The van der Waals surface area contributed by atoms with Crippen molar-refractivity contribution in [2.24, 2.45) is 5.10 Å². The fourth-order valence-electron chi connectivity index (χ4n) is 4.39. The molecule has 32 heavy (non-hydrogen) atoms. The lowest BCUT2D eigenvalue weighted by atomic mass is 9.95. The van der Waals surface area contributed by atoms with Crippen LogP contribution < -0.4 is 10.1 Å². The average Bonchev–Trinajstić information content (AvgIpc) is 3.39. The number of fused-ring (bicyclic) bond motifs is 4. The lowest BCUT2D eigenvalue weighted by molar-refractivity contribution is -0.0949. The van der Waals surface area contributed by atoms with Crippen LogP contribution in [0.4, 0.5) is 4.79 Å². The summed E-state index contributed by atoms with van der Waals surface area (Å²) in [5.74, 6) is -0.430. The molecule has 1 saturated heterocycles. The van der Waals surface area contributed by atoms with E-state index in [4.69, 9.17) is 9.84 Å². The lowest BCUT2D eigenvalue weighted by Crippen LogP contribution is -2.61. The van der Waals surface area contributed by atoms with Crippen LogP contribution >= 0.6 is 27.7 Å². The molecule has 0 bridgehead atoms. The number of benzene rings is 3. The third-order valence-corrected chi connectivity index (χ3v) is 7.23. The highest BCUT2D eigenvalue weighted by molar-refractivity contribution is 9.10. The maximum absolute atomic E-state index is 12.7. The molecule has 3 aliphatic rings. The van der Waals surface area contributed by atoms with E-state index in [1.807, 2.05) is 71.7 Å². The maximum atomic E-state index is 12.7. The molecule has 0 saturated carbocycles. The molecule has 7 heteroatoms. The standard InChI is InChI=1S/C25H18BrN3O2S/c26-18-11-12-22-19(14-18)21-15-20(17-9-5-2-6-10-17)28-29(21)25(31-22)23(32-24(30)27-25)13-16-7-3-1-4-8-16/h1-14,21H,15H2,(H,27,30)/b23-13-/t21-,25+/m1/s1. The van der Waals surface area contributed by atoms with Gasteiger partial charge in [0.05, 0.1) is 16.7 Å². The van der Waals surface area contributed by atoms with Gasteiger partial charge in [0.1, 0.15) is 5.75 Å². The first kappa shape index (κ1) is 19.6. The summed E-state index contributed by atoms with van der Waals surface area (Å²) in [6.45, 7) is 0. The highest BCUT2D eigenvalue weighted by Crippen LogP contribution is 2.53. The summed E-state index contributed by atoms with van der Waals surface area (Å²) >= 11 is 4.75. The molecule has 3 aromatic carbocycles. The first-order valence-corrected chi connectivity index (χ1v) is 11.9. The summed E-state index contributed by atoms with van der Waals surface area (Å²) < 4.78 is 7.55. The minimum Gasteiger partial charge on any atom is -0.444 e. The van der Waals surface area contributed by atoms with Crippen LogP contribution in [-0.4, -0.2) is 21.8 Å². The summed E-state index contributed by atoms with van der Waals surface area (Å²) in [5.41, 5.74) is 4.08. The summed E-state index contributed by atoms with van der Waals surface area (Å²) in [6, 6.07) is 26.0. The van der Waals surface area contributed by atoms with Gasteiger partial charge in [-0.15, -0.1) is 0 Å². The van der Waals surface area contributed by atoms with Crippen LogP contribution in [0.5, 0.6) is 5.75 Å². The second kappa shape index (κ2) is 7.53. The van der Waals surface area contributed by atoms with Gasteiger partial charge in [-0.05, 0) is 47.2 Å². The Morgan fingerprint density at radius 2 is 1.84 bits per heavy atom. The molecule has 1 fully saturated rings. The van der Waals surface area contributed by atoms with Crippen LogP contribution in [0.25, 0.3) is 6.08 Å². The predicted octanol–water partition coefficient (Wildman–Crippen LogP) is 6.14. The van der Waals surface area contributed by atoms with Crippen LogP contribution in [-0.2, 0) is 0 Å². The summed E-state index contributed by atoms with van der Waals surface area (Å²) in [7, 11) is 0.